The maximum Gasteiger partial charge on any atom is 0.121 e. The van der Waals surface area contributed by atoms with E-state index in [0.717, 1.165) is 24.0 Å². The highest BCUT2D eigenvalue weighted by Gasteiger charge is 2.12. The first kappa shape index (κ1) is 12.1. The monoisotopic (exact) mass is 207 g/mol. The van der Waals surface area contributed by atoms with Gasteiger partial charge in [0, 0.05) is 0 Å². The van der Waals surface area contributed by atoms with Crippen molar-refractivity contribution in [2.24, 2.45) is 5.73 Å². The fourth-order valence-corrected chi connectivity index (χ4v) is 1.85. The number of rotatable bonds is 4. The minimum atomic E-state index is 0.448. The summed E-state index contributed by atoms with van der Waals surface area (Å²) < 4.78 is 0. The van der Waals surface area contributed by atoms with Crippen molar-refractivity contribution in [1.29, 1.82) is 0 Å². The Morgan fingerprint density at radius 1 is 1.33 bits per heavy atom. The molecule has 15 heavy (non-hydrogen) atoms. The van der Waals surface area contributed by atoms with Crippen LogP contribution in [-0.2, 0) is 6.42 Å². The van der Waals surface area contributed by atoms with Gasteiger partial charge < -0.3 is 10.8 Å². The molecule has 0 aromatic heterocycles. The molecular weight excluding hydrogens is 186 g/mol. The molecule has 0 fully saturated rings. The van der Waals surface area contributed by atoms with E-state index in [1.807, 2.05) is 13.0 Å². The van der Waals surface area contributed by atoms with E-state index in [0.29, 0.717) is 18.2 Å². The Morgan fingerprint density at radius 3 is 2.53 bits per heavy atom. The Kier molecular flexibility index (Phi) is 4.15. The topological polar surface area (TPSA) is 46.2 Å². The van der Waals surface area contributed by atoms with Gasteiger partial charge in [-0.3, -0.25) is 0 Å². The molecule has 1 aromatic carbocycles. The summed E-state index contributed by atoms with van der Waals surface area (Å²) in [6, 6.07) is 4.10. The fourth-order valence-electron chi connectivity index (χ4n) is 1.85. The Labute approximate surface area is 92.1 Å². The van der Waals surface area contributed by atoms with Gasteiger partial charge in [0.25, 0.3) is 0 Å². The van der Waals surface area contributed by atoms with Gasteiger partial charge in [0.05, 0.1) is 0 Å². The van der Waals surface area contributed by atoms with Crippen molar-refractivity contribution in [3.05, 3.63) is 28.8 Å². The van der Waals surface area contributed by atoms with Gasteiger partial charge >= 0.3 is 0 Å². The largest absolute Gasteiger partial charge is 0.507 e. The zero-order chi connectivity index (χ0) is 11.4. The van der Waals surface area contributed by atoms with Crippen LogP contribution in [0.4, 0.5) is 0 Å². The summed E-state index contributed by atoms with van der Waals surface area (Å²) in [5, 5.41) is 10.0. The molecule has 0 saturated carbocycles. The number of nitrogens with two attached hydrogens (primary N) is 1. The molecule has 0 bridgehead atoms. The molecule has 1 aromatic rings. The highest BCUT2D eigenvalue weighted by molar-refractivity contribution is 5.46. The third kappa shape index (κ3) is 2.72. The number of phenolic OH excluding ortho intramolecular Hbond substituents is 1. The van der Waals surface area contributed by atoms with Gasteiger partial charge in [0.2, 0.25) is 0 Å². The first-order chi connectivity index (χ1) is 7.07. The Morgan fingerprint density at radius 2 is 2.00 bits per heavy atom. The Balaban J connectivity index is 3.10. The molecule has 0 radical (unpaired) electrons. The number of hydrogen-bond acceptors (Lipinski definition) is 2. The predicted octanol–water partition coefficient (Wildman–Crippen LogP) is 2.72. The van der Waals surface area contributed by atoms with E-state index in [1.165, 1.54) is 5.56 Å². The lowest BCUT2D eigenvalue weighted by Gasteiger charge is -2.15. The highest BCUT2D eigenvalue weighted by Crippen LogP contribution is 2.30. The van der Waals surface area contributed by atoms with Crippen molar-refractivity contribution >= 4 is 0 Å². The van der Waals surface area contributed by atoms with Crippen molar-refractivity contribution in [2.75, 3.05) is 6.54 Å². The second kappa shape index (κ2) is 5.17. The summed E-state index contributed by atoms with van der Waals surface area (Å²) >= 11 is 0. The van der Waals surface area contributed by atoms with Crippen LogP contribution in [0.3, 0.4) is 0 Å². The lowest BCUT2D eigenvalue weighted by Crippen LogP contribution is -2.04. The van der Waals surface area contributed by atoms with E-state index >= 15 is 0 Å². The number of aryl methyl sites for hydroxylation is 1. The summed E-state index contributed by atoms with van der Waals surface area (Å²) in [6.07, 6.45) is 1.80. The molecule has 0 heterocycles. The third-order valence-electron chi connectivity index (χ3n) is 2.77. The van der Waals surface area contributed by atoms with Crippen LogP contribution >= 0.6 is 0 Å². The zero-order valence-electron chi connectivity index (χ0n) is 9.88. The molecule has 2 heteroatoms. The molecule has 84 valence electrons. The van der Waals surface area contributed by atoms with Gasteiger partial charge in [-0.1, -0.05) is 26.0 Å². The maximum atomic E-state index is 10.0. The Hall–Kier alpha value is -1.02. The molecule has 0 saturated heterocycles. The van der Waals surface area contributed by atoms with Gasteiger partial charge in [-0.25, -0.2) is 0 Å². The summed E-state index contributed by atoms with van der Waals surface area (Å²) in [7, 11) is 0. The van der Waals surface area contributed by atoms with Crippen LogP contribution in [0.1, 0.15) is 42.9 Å². The number of phenols is 1. The van der Waals surface area contributed by atoms with E-state index in [-0.39, 0.29) is 0 Å². The van der Waals surface area contributed by atoms with Crippen LogP contribution in [0, 0.1) is 6.92 Å². The van der Waals surface area contributed by atoms with Gasteiger partial charge in [-0.05, 0) is 48.9 Å². The minimum absolute atomic E-state index is 0.448. The standard InChI is InChI=1S/C13H21NO/c1-9(2)11-7-6-10(3)13(15)12(11)5-4-8-14/h6-7,9,15H,4-5,8,14H2,1-3H3. The first-order valence-electron chi connectivity index (χ1n) is 5.59. The minimum Gasteiger partial charge on any atom is -0.507 e. The summed E-state index contributed by atoms with van der Waals surface area (Å²) in [6.45, 7) is 6.91. The van der Waals surface area contributed by atoms with Crippen LogP contribution in [0.15, 0.2) is 12.1 Å². The van der Waals surface area contributed by atoms with Gasteiger partial charge in [-0.2, -0.15) is 0 Å². The Bertz CT molecular complexity index is 332. The van der Waals surface area contributed by atoms with E-state index in [2.05, 4.69) is 19.9 Å². The second-order valence-electron chi connectivity index (χ2n) is 4.35. The number of benzene rings is 1. The normalized spacial score (nSPS) is 11.0. The molecule has 1 rings (SSSR count). The molecule has 0 atom stereocenters. The molecule has 0 spiro atoms. The van der Waals surface area contributed by atoms with Gasteiger partial charge in [-0.15, -0.1) is 0 Å². The third-order valence-corrected chi connectivity index (χ3v) is 2.77. The highest BCUT2D eigenvalue weighted by atomic mass is 16.3. The van der Waals surface area contributed by atoms with E-state index in [9.17, 15) is 5.11 Å². The van der Waals surface area contributed by atoms with Gasteiger partial charge in [0.15, 0.2) is 0 Å². The van der Waals surface area contributed by atoms with Crippen LogP contribution < -0.4 is 5.73 Å². The average Bonchev–Trinajstić information content (AvgIpc) is 2.19. The predicted molar refractivity (Wildman–Crippen MR) is 64.3 cm³/mol. The first-order valence-corrected chi connectivity index (χ1v) is 5.59. The average molecular weight is 207 g/mol. The molecule has 0 aliphatic heterocycles. The smallest absolute Gasteiger partial charge is 0.121 e. The molecule has 0 amide bonds. The van der Waals surface area contributed by atoms with Gasteiger partial charge in [0.1, 0.15) is 5.75 Å². The van der Waals surface area contributed by atoms with Crippen molar-refractivity contribution in [3.8, 4) is 5.75 Å². The van der Waals surface area contributed by atoms with Crippen LogP contribution in [0.5, 0.6) is 5.75 Å². The molecule has 0 aliphatic rings. The molecule has 3 N–H and O–H groups in total. The van der Waals surface area contributed by atoms with Crippen LogP contribution in [-0.4, -0.2) is 11.7 Å². The second-order valence-corrected chi connectivity index (χ2v) is 4.35. The van der Waals surface area contributed by atoms with Crippen molar-refractivity contribution < 1.29 is 5.11 Å². The van der Waals surface area contributed by atoms with E-state index < -0.39 is 0 Å². The van der Waals surface area contributed by atoms with E-state index in [4.69, 9.17) is 5.73 Å². The molecule has 2 nitrogen and oxygen atoms in total. The lowest BCUT2D eigenvalue weighted by atomic mass is 9.92. The van der Waals surface area contributed by atoms with Crippen molar-refractivity contribution in [3.63, 3.8) is 0 Å². The number of aromatic hydroxyl groups is 1. The summed E-state index contributed by atoms with van der Waals surface area (Å²) in [5.74, 6) is 0.902. The molecular formula is C13H21NO. The molecule has 0 unspecified atom stereocenters. The maximum absolute atomic E-state index is 10.0. The van der Waals surface area contributed by atoms with Crippen LogP contribution in [0.25, 0.3) is 0 Å². The lowest BCUT2D eigenvalue weighted by molar-refractivity contribution is 0.461. The van der Waals surface area contributed by atoms with Crippen molar-refractivity contribution in [1.82, 2.24) is 0 Å². The fraction of sp³-hybridized carbons (Fsp3) is 0.538. The van der Waals surface area contributed by atoms with E-state index in [1.54, 1.807) is 0 Å². The zero-order valence-corrected chi connectivity index (χ0v) is 9.88. The molecule has 0 aliphatic carbocycles. The quantitative estimate of drug-likeness (QED) is 0.797. The SMILES string of the molecule is Cc1ccc(C(C)C)c(CCCN)c1O. The summed E-state index contributed by atoms with van der Waals surface area (Å²) in [5.41, 5.74) is 8.78. The van der Waals surface area contributed by atoms with Crippen LogP contribution in [0.2, 0.25) is 0 Å². The summed E-state index contributed by atoms with van der Waals surface area (Å²) in [4.78, 5) is 0. The van der Waals surface area contributed by atoms with Crippen molar-refractivity contribution in [2.45, 2.75) is 39.5 Å². The number of hydrogen-bond donors (Lipinski definition) is 2.